The molecule has 0 aliphatic carbocycles. The summed E-state index contributed by atoms with van der Waals surface area (Å²) >= 11 is 0. The Labute approximate surface area is 118 Å². The molecule has 2 atom stereocenters. The third-order valence-corrected chi connectivity index (χ3v) is 5.09. The van der Waals surface area contributed by atoms with E-state index in [2.05, 4.69) is 33.6 Å². The van der Waals surface area contributed by atoms with Gasteiger partial charge in [-0.05, 0) is 39.3 Å². The molecule has 4 nitrogen and oxygen atoms in total. The van der Waals surface area contributed by atoms with Gasteiger partial charge in [0.25, 0.3) is 0 Å². The van der Waals surface area contributed by atoms with Crippen LogP contribution in [0.4, 0.5) is 0 Å². The topological polar surface area (TPSA) is 13.0 Å². The summed E-state index contributed by atoms with van der Waals surface area (Å²) in [4.78, 5) is 10.9. The quantitative estimate of drug-likeness (QED) is 0.742. The van der Waals surface area contributed by atoms with Crippen molar-refractivity contribution in [2.75, 3.05) is 52.9 Å². The maximum absolute atomic E-state index is 2.77. The summed E-state index contributed by atoms with van der Waals surface area (Å²) in [6.07, 6.45) is 6.57. The number of nitrogens with zero attached hydrogens (tertiary/aromatic N) is 4. The molecule has 0 aromatic carbocycles. The van der Waals surface area contributed by atoms with Gasteiger partial charge < -0.3 is 0 Å². The van der Waals surface area contributed by atoms with E-state index >= 15 is 0 Å². The molecular formula is C15H30N4. The highest BCUT2D eigenvalue weighted by molar-refractivity contribution is 4.93. The lowest BCUT2D eigenvalue weighted by Gasteiger charge is -2.49. The molecule has 0 saturated carbocycles. The first kappa shape index (κ1) is 13.8. The van der Waals surface area contributed by atoms with E-state index < -0.39 is 0 Å². The van der Waals surface area contributed by atoms with Crippen molar-refractivity contribution in [3.05, 3.63) is 0 Å². The Kier molecular flexibility index (Phi) is 4.42. The molecule has 3 fully saturated rings. The molecular weight excluding hydrogens is 236 g/mol. The van der Waals surface area contributed by atoms with Crippen LogP contribution in [-0.4, -0.2) is 84.8 Å². The monoisotopic (exact) mass is 266 g/mol. The summed E-state index contributed by atoms with van der Waals surface area (Å²) in [7, 11) is 2.34. The highest BCUT2D eigenvalue weighted by Gasteiger charge is 2.42. The van der Waals surface area contributed by atoms with Crippen LogP contribution in [0.3, 0.4) is 0 Å². The van der Waals surface area contributed by atoms with E-state index in [0.29, 0.717) is 12.3 Å². The van der Waals surface area contributed by atoms with Crippen molar-refractivity contribution in [3.8, 4) is 0 Å². The van der Waals surface area contributed by atoms with Crippen LogP contribution in [0.1, 0.15) is 32.6 Å². The molecule has 2 unspecified atom stereocenters. The fraction of sp³-hybridized carbons (Fsp3) is 1.00. The summed E-state index contributed by atoms with van der Waals surface area (Å²) in [6, 6.07) is 0. The lowest BCUT2D eigenvalue weighted by molar-refractivity contribution is -0.0688. The normalized spacial score (nSPS) is 35.7. The van der Waals surface area contributed by atoms with Crippen molar-refractivity contribution >= 4 is 0 Å². The predicted molar refractivity (Wildman–Crippen MR) is 79.1 cm³/mol. The molecule has 0 aromatic heterocycles. The zero-order valence-electron chi connectivity index (χ0n) is 12.7. The highest BCUT2D eigenvalue weighted by atomic mass is 15.5. The van der Waals surface area contributed by atoms with Gasteiger partial charge in [0, 0.05) is 39.3 Å². The van der Waals surface area contributed by atoms with Gasteiger partial charge in [-0.2, -0.15) is 0 Å². The average molecular weight is 266 g/mol. The molecule has 0 N–H and O–H groups in total. The molecule has 0 bridgehead atoms. The van der Waals surface area contributed by atoms with Gasteiger partial charge in [-0.1, -0.05) is 6.92 Å². The van der Waals surface area contributed by atoms with Crippen LogP contribution < -0.4 is 0 Å². The Bertz CT molecular complexity index is 290. The van der Waals surface area contributed by atoms with E-state index in [-0.39, 0.29) is 0 Å². The Morgan fingerprint density at radius 3 is 2.00 bits per heavy atom. The molecule has 3 aliphatic rings. The first-order valence-corrected chi connectivity index (χ1v) is 8.23. The number of hydrogen-bond acceptors (Lipinski definition) is 4. The van der Waals surface area contributed by atoms with Crippen molar-refractivity contribution in [1.82, 2.24) is 19.6 Å². The minimum atomic E-state index is 0.616. The summed E-state index contributed by atoms with van der Waals surface area (Å²) < 4.78 is 0. The van der Waals surface area contributed by atoms with Crippen LogP contribution in [0.2, 0.25) is 0 Å². The van der Waals surface area contributed by atoms with Crippen molar-refractivity contribution in [1.29, 1.82) is 0 Å². The molecule has 3 rings (SSSR count). The first-order chi connectivity index (χ1) is 9.31. The van der Waals surface area contributed by atoms with E-state index in [1.807, 2.05) is 0 Å². The van der Waals surface area contributed by atoms with Gasteiger partial charge >= 0.3 is 0 Å². The molecule has 110 valence electrons. The molecule has 4 heteroatoms. The van der Waals surface area contributed by atoms with E-state index in [1.165, 1.54) is 71.5 Å². The van der Waals surface area contributed by atoms with Crippen molar-refractivity contribution < 1.29 is 0 Å². The van der Waals surface area contributed by atoms with Gasteiger partial charge in [-0.15, -0.1) is 0 Å². The summed E-state index contributed by atoms with van der Waals surface area (Å²) in [5, 5.41) is 0. The molecule has 3 aliphatic heterocycles. The minimum Gasteiger partial charge on any atom is -0.288 e. The van der Waals surface area contributed by atoms with E-state index in [1.54, 1.807) is 0 Å². The lowest BCUT2D eigenvalue weighted by atomic mass is 10.1. The Morgan fingerprint density at radius 1 is 0.789 bits per heavy atom. The standard InChI is InChI=1S/C15H30N4/c1-3-7-17-10-5-11-19-13-6-12-18-9-4-8-16(2)14(17)15(18)19/h14-15H,3-13H2,1-2H3. The van der Waals surface area contributed by atoms with Gasteiger partial charge in [0.2, 0.25) is 0 Å². The van der Waals surface area contributed by atoms with Crippen LogP contribution in [0.5, 0.6) is 0 Å². The smallest absolute Gasteiger partial charge is 0.0921 e. The van der Waals surface area contributed by atoms with Gasteiger partial charge in [0.05, 0.1) is 12.3 Å². The fourth-order valence-corrected chi connectivity index (χ4v) is 4.33. The van der Waals surface area contributed by atoms with Gasteiger partial charge in [-0.3, -0.25) is 19.6 Å². The summed E-state index contributed by atoms with van der Waals surface area (Å²) in [5.74, 6) is 0. The number of rotatable bonds is 2. The molecule has 19 heavy (non-hydrogen) atoms. The number of hydrogen-bond donors (Lipinski definition) is 0. The SMILES string of the molecule is CCCN1CCCN2CCCN3CCCN(C)C1C32. The zero-order valence-corrected chi connectivity index (χ0v) is 12.7. The first-order valence-electron chi connectivity index (χ1n) is 8.23. The van der Waals surface area contributed by atoms with Crippen LogP contribution in [0.15, 0.2) is 0 Å². The fourth-order valence-electron chi connectivity index (χ4n) is 4.33. The Hall–Kier alpha value is -0.160. The third-order valence-electron chi connectivity index (χ3n) is 5.09. The second-order valence-corrected chi connectivity index (χ2v) is 6.48. The molecule has 0 aromatic rings. The summed E-state index contributed by atoms with van der Waals surface area (Å²) in [6.45, 7) is 11.3. The third kappa shape index (κ3) is 2.68. The second kappa shape index (κ2) is 6.08. The van der Waals surface area contributed by atoms with Crippen molar-refractivity contribution in [2.45, 2.75) is 44.9 Å². The predicted octanol–water partition coefficient (Wildman–Crippen LogP) is 1.10. The van der Waals surface area contributed by atoms with E-state index in [0.717, 1.165) is 0 Å². The molecule has 3 heterocycles. The van der Waals surface area contributed by atoms with Gasteiger partial charge in [0.15, 0.2) is 0 Å². The Balaban J connectivity index is 1.89. The van der Waals surface area contributed by atoms with Crippen molar-refractivity contribution in [2.24, 2.45) is 0 Å². The van der Waals surface area contributed by atoms with E-state index in [9.17, 15) is 0 Å². The maximum atomic E-state index is 2.77. The summed E-state index contributed by atoms with van der Waals surface area (Å²) in [5.41, 5.74) is 0. The van der Waals surface area contributed by atoms with Crippen LogP contribution in [0.25, 0.3) is 0 Å². The minimum absolute atomic E-state index is 0.616. The van der Waals surface area contributed by atoms with Gasteiger partial charge in [-0.25, -0.2) is 0 Å². The second-order valence-electron chi connectivity index (χ2n) is 6.48. The number of likely N-dealkylation sites (N-methyl/N-ethyl adjacent to an activating group) is 1. The Morgan fingerprint density at radius 2 is 1.37 bits per heavy atom. The van der Waals surface area contributed by atoms with Crippen molar-refractivity contribution in [3.63, 3.8) is 0 Å². The van der Waals surface area contributed by atoms with E-state index in [4.69, 9.17) is 0 Å². The van der Waals surface area contributed by atoms with Crippen LogP contribution in [0, 0.1) is 0 Å². The highest BCUT2D eigenvalue weighted by Crippen LogP contribution is 2.28. The largest absolute Gasteiger partial charge is 0.288 e. The van der Waals surface area contributed by atoms with Crippen LogP contribution in [-0.2, 0) is 0 Å². The molecule has 0 radical (unpaired) electrons. The van der Waals surface area contributed by atoms with Gasteiger partial charge in [0.1, 0.15) is 0 Å². The average Bonchev–Trinajstić information content (AvgIpc) is 2.68. The molecule has 3 saturated heterocycles. The van der Waals surface area contributed by atoms with Crippen LogP contribution >= 0.6 is 0 Å². The molecule has 0 spiro atoms. The lowest BCUT2D eigenvalue weighted by Crippen LogP contribution is -2.64. The molecule has 0 amide bonds. The zero-order chi connectivity index (χ0) is 13.2. The maximum Gasteiger partial charge on any atom is 0.0921 e.